The van der Waals surface area contributed by atoms with Crippen LogP contribution in [-0.2, 0) is 0 Å². The van der Waals surface area contributed by atoms with Crippen molar-refractivity contribution >= 4 is 0 Å². The Hall–Kier alpha value is -3.15. The maximum absolute atomic E-state index is 11.9. The van der Waals surface area contributed by atoms with Crippen LogP contribution in [0.3, 0.4) is 0 Å². The number of pyridine rings is 1. The van der Waals surface area contributed by atoms with Crippen molar-refractivity contribution in [2.24, 2.45) is 0 Å². The molecular weight excluding hydrogens is 330 g/mol. The van der Waals surface area contributed by atoms with Crippen LogP contribution in [0.2, 0.25) is 0 Å². The minimum atomic E-state index is -0.179. The fourth-order valence-electron chi connectivity index (χ4n) is 2.97. The summed E-state index contributed by atoms with van der Waals surface area (Å²) in [5.74, 6) is 1.90. The summed E-state index contributed by atoms with van der Waals surface area (Å²) in [6, 6.07) is 7.53. The van der Waals surface area contributed by atoms with Gasteiger partial charge in [-0.05, 0) is 57.0 Å². The Balaban J connectivity index is 2.00. The van der Waals surface area contributed by atoms with Crippen molar-refractivity contribution in [2.75, 3.05) is 7.11 Å². The van der Waals surface area contributed by atoms with Gasteiger partial charge in [0.05, 0.1) is 18.4 Å². The number of hydrogen-bond acceptors (Lipinski definition) is 5. The lowest BCUT2D eigenvalue weighted by Crippen LogP contribution is -2.14. The monoisotopic (exact) mass is 351 g/mol. The average Bonchev–Trinajstić information content (AvgIpc) is 2.62. The summed E-state index contributed by atoms with van der Waals surface area (Å²) in [7, 11) is 1.62. The van der Waals surface area contributed by atoms with E-state index in [-0.39, 0.29) is 5.56 Å². The number of rotatable bonds is 4. The smallest absolute Gasteiger partial charge is 0.267 e. The van der Waals surface area contributed by atoms with Crippen molar-refractivity contribution in [1.29, 1.82) is 0 Å². The number of H-pyrrole nitrogens is 1. The minimum absolute atomic E-state index is 0.179. The second-order valence-corrected chi connectivity index (χ2v) is 6.16. The van der Waals surface area contributed by atoms with E-state index in [0.717, 1.165) is 33.7 Å². The van der Waals surface area contributed by atoms with E-state index in [1.54, 1.807) is 26.3 Å². The molecule has 0 aliphatic carbocycles. The molecule has 6 nitrogen and oxygen atoms in total. The van der Waals surface area contributed by atoms with E-state index in [2.05, 4.69) is 15.2 Å². The number of aryl methyl sites for hydroxylation is 2. The van der Waals surface area contributed by atoms with Crippen molar-refractivity contribution in [2.45, 2.75) is 27.7 Å². The summed E-state index contributed by atoms with van der Waals surface area (Å²) < 4.78 is 11.2. The topological polar surface area (TPSA) is 77.1 Å². The number of ether oxygens (including phenoxy) is 2. The molecule has 6 heteroatoms. The molecule has 0 radical (unpaired) electrons. The zero-order valence-electron chi connectivity index (χ0n) is 15.5. The highest BCUT2D eigenvalue weighted by atomic mass is 16.5. The third-order valence-electron chi connectivity index (χ3n) is 4.41. The number of aromatic amines is 1. The molecule has 0 unspecified atom stereocenters. The van der Waals surface area contributed by atoms with Crippen LogP contribution in [0.15, 0.2) is 35.3 Å². The average molecular weight is 351 g/mol. The highest BCUT2D eigenvalue weighted by Crippen LogP contribution is 2.33. The maximum Gasteiger partial charge on any atom is 0.267 e. The largest absolute Gasteiger partial charge is 0.496 e. The fraction of sp³-hybridized carbons (Fsp3) is 0.250. The van der Waals surface area contributed by atoms with Crippen LogP contribution >= 0.6 is 0 Å². The highest BCUT2D eigenvalue weighted by Gasteiger charge is 2.14. The molecule has 0 bridgehead atoms. The van der Waals surface area contributed by atoms with Gasteiger partial charge in [0.25, 0.3) is 5.56 Å². The number of benzene rings is 1. The van der Waals surface area contributed by atoms with E-state index < -0.39 is 0 Å². The minimum Gasteiger partial charge on any atom is -0.496 e. The summed E-state index contributed by atoms with van der Waals surface area (Å²) >= 11 is 0. The Morgan fingerprint density at radius 3 is 2.50 bits per heavy atom. The predicted molar refractivity (Wildman–Crippen MR) is 100 cm³/mol. The second-order valence-electron chi connectivity index (χ2n) is 6.16. The summed E-state index contributed by atoms with van der Waals surface area (Å²) in [4.78, 5) is 16.2. The summed E-state index contributed by atoms with van der Waals surface area (Å²) in [5, 5.41) is 6.59. The Kier molecular flexibility index (Phi) is 4.75. The zero-order valence-corrected chi connectivity index (χ0v) is 15.5. The van der Waals surface area contributed by atoms with E-state index in [1.807, 2.05) is 39.0 Å². The van der Waals surface area contributed by atoms with Gasteiger partial charge in [-0.3, -0.25) is 4.79 Å². The zero-order chi connectivity index (χ0) is 18.8. The van der Waals surface area contributed by atoms with Crippen LogP contribution in [0, 0.1) is 27.7 Å². The molecule has 0 saturated carbocycles. The molecule has 3 aromatic rings. The molecule has 0 spiro atoms. The number of nitrogens with zero attached hydrogens (tertiary/aromatic N) is 2. The van der Waals surface area contributed by atoms with Crippen LogP contribution in [-0.4, -0.2) is 22.3 Å². The van der Waals surface area contributed by atoms with Gasteiger partial charge in [0.2, 0.25) is 5.88 Å². The second kappa shape index (κ2) is 7.00. The van der Waals surface area contributed by atoms with Crippen LogP contribution < -0.4 is 15.0 Å². The lowest BCUT2D eigenvalue weighted by Gasteiger charge is -2.14. The van der Waals surface area contributed by atoms with Crippen LogP contribution in [0.5, 0.6) is 17.4 Å². The number of nitrogens with one attached hydrogen (secondary N) is 1. The van der Waals surface area contributed by atoms with E-state index in [9.17, 15) is 4.79 Å². The summed E-state index contributed by atoms with van der Waals surface area (Å²) in [6.45, 7) is 7.56. The van der Waals surface area contributed by atoms with Crippen molar-refractivity contribution in [3.05, 3.63) is 63.2 Å². The van der Waals surface area contributed by atoms with Gasteiger partial charge in [-0.25, -0.2) is 10.1 Å². The van der Waals surface area contributed by atoms with Crippen molar-refractivity contribution < 1.29 is 9.47 Å². The molecule has 0 aliphatic rings. The molecule has 26 heavy (non-hydrogen) atoms. The van der Waals surface area contributed by atoms with Crippen molar-refractivity contribution in [1.82, 2.24) is 15.2 Å². The Bertz CT molecular complexity index is 1030. The van der Waals surface area contributed by atoms with Gasteiger partial charge < -0.3 is 9.47 Å². The molecule has 2 aromatic heterocycles. The molecule has 0 fully saturated rings. The standard InChI is InChI=1S/C20H21N3O3/c1-11-10-15(26-20-12(2)17(25-5)8-9-21-20)6-7-16(11)18-13(3)19(24)23-22-14(18)4/h6-10H,1-5H3,(H,23,24). The lowest BCUT2D eigenvalue weighted by molar-refractivity contribution is 0.400. The van der Waals surface area contributed by atoms with Gasteiger partial charge in [-0.2, -0.15) is 5.10 Å². The number of aromatic nitrogens is 3. The van der Waals surface area contributed by atoms with E-state index in [4.69, 9.17) is 9.47 Å². The Morgan fingerprint density at radius 2 is 1.81 bits per heavy atom. The van der Waals surface area contributed by atoms with Gasteiger partial charge in [0.1, 0.15) is 11.5 Å². The van der Waals surface area contributed by atoms with Gasteiger partial charge in [-0.15, -0.1) is 0 Å². The van der Waals surface area contributed by atoms with Gasteiger partial charge >= 0.3 is 0 Å². The molecule has 0 atom stereocenters. The molecule has 1 N–H and O–H groups in total. The summed E-state index contributed by atoms with van der Waals surface area (Å²) in [6.07, 6.45) is 1.65. The van der Waals surface area contributed by atoms with Crippen LogP contribution in [0.1, 0.15) is 22.4 Å². The molecule has 0 aliphatic heterocycles. The molecular formula is C20H21N3O3. The quantitative estimate of drug-likeness (QED) is 0.772. The van der Waals surface area contributed by atoms with Gasteiger partial charge in [0.15, 0.2) is 0 Å². The molecule has 134 valence electrons. The van der Waals surface area contributed by atoms with Crippen LogP contribution in [0.25, 0.3) is 11.1 Å². The summed E-state index contributed by atoms with van der Waals surface area (Å²) in [5.41, 5.74) is 4.89. The van der Waals surface area contributed by atoms with E-state index >= 15 is 0 Å². The first kappa shape index (κ1) is 17.7. The third-order valence-corrected chi connectivity index (χ3v) is 4.41. The SMILES string of the molecule is COc1ccnc(Oc2ccc(-c3c(C)n[nH]c(=O)c3C)c(C)c2)c1C. The predicted octanol–water partition coefficient (Wildman–Crippen LogP) is 3.87. The third kappa shape index (κ3) is 3.18. The normalized spacial score (nSPS) is 10.7. The van der Waals surface area contributed by atoms with E-state index in [0.29, 0.717) is 17.2 Å². The van der Waals surface area contributed by atoms with Gasteiger partial charge in [-0.1, -0.05) is 6.07 Å². The van der Waals surface area contributed by atoms with Crippen molar-refractivity contribution in [3.8, 4) is 28.5 Å². The van der Waals surface area contributed by atoms with Crippen LogP contribution in [0.4, 0.5) is 0 Å². The maximum atomic E-state index is 11.9. The number of hydrogen-bond donors (Lipinski definition) is 1. The molecule has 3 rings (SSSR count). The molecule has 1 aromatic carbocycles. The van der Waals surface area contributed by atoms with Crippen molar-refractivity contribution in [3.63, 3.8) is 0 Å². The first-order valence-electron chi connectivity index (χ1n) is 8.26. The molecule has 0 amide bonds. The highest BCUT2D eigenvalue weighted by molar-refractivity contribution is 5.72. The molecule has 2 heterocycles. The number of methoxy groups -OCH3 is 1. The molecule has 0 saturated heterocycles. The fourth-order valence-corrected chi connectivity index (χ4v) is 2.97. The Morgan fingerprint density at radius 1 is 1.04 bits per heavy atom. The lowest BCUT2D eigenvalue weighted by atomic mass is 9.96. The van der Waals surface area contributed by atoms with E-state index in [1.165, 1.54) is 0 Å². The first-order chi connectivity index (χ1) is 12.4. The first-order valence-corrected chi connectivity index (χ1v) is 8.26. The van der Waals surface area contributed by atoms with Gasteiger partial charge in [0, 0.05) is 17.3 Å². The Labute approximate surface area is 151 Å².